The molecule has 3 heterocycles. The predicted molar refractivity (Wildman–Crippen MR) is 90.9 cm³/mol. The SMILES string of the molecule is COCc1noc([C@@H]2CCCCN2C(=O)c2c[nH]c3ccccc23)n1. The van der Waals surface area contributed by atoms with Crippen LogP contribution in [0, 0.1) is 0 Å². The molecule has 0 unspecified atom stereocenters. The molecule has 3 aromatic rings. The number of aromatic amines is 1. The maximum atomic E-state index is 13.2. The van der Waals surface area contributed by atoms with Crippen molar-refractivity contribution in [3.8, 4) is 0 Å². The van der Waals surface area contributed by atoms with E-state index in [4.69, 9.17) is 9.26 Å². The van der Waals surface area contributed by atoms with Crippen LogP contribution in [0.2, 0.25) is 0 Å². The van der Waals surface area contributed by atoms with Crippen LogP contribution in [-0.2, 0) is 11.3 Å². The molecular weight excluding hydrogens is 320 g/mol. The maximum absolute atomic E-state index is 13.2. The number of hydrogen-bond donors (Lipinski definition) is 1. The normalized spacial score (nSPS) is 18.0. The largest absolute Gasteiger partial charge is 0.377 e. The number of para-hydroxylation sites is 1. The standard InChI is InChI=1S/C18H20N4O3/c1-24-11-16-20-17(25-21-16)15-8-4-5-9-22(15)18(23)13-10-19-14-7-3-2-6-12(13)14/h2-3,6-7,10,15,19H,4-5,8-9,11H2,1H3/t15-/m0/s1. The summed E-state index contributed by atoms with van der Waals surface area (Å²) in [6.45, 7) is 0.984. The van der Waals surface area contributed by atoms with E-state index in [2.05, 4.69) is 15.1 Å². The summed E-state index contributed by atoms with van der Waals surface area (Å²) in [6, 6.07) is 7.63. The number of nitrogens with one attached hydrogen (secondary N) is 1. The molecule has 0 bridgehead atoms. The first-order valence-electron chi connectivity index (χ1n) is 8.46. The van der Waals surface area contributed by atoms with Gasteiger partial charge in [-0.1, -0.05) is 23.4 Å². The van der Waals surface area contributed by atoms with Crippen LogP contribution in [0.3, 0.4) is 0 Å². The van der Waals surface area contributed by atoms with Gasteiger partial charge < -0.3 is 19.1 Å². The number of piperidine rings is 1. The lowest BCUT2D eigenvalue weighted by Crippen LogP contribution is -2.38. The molecule has 1 N–H and O–H groups in total. The van der Waals surface area contributed by atoms with Gasteiger partial charge in [0.15, 0.2) is 5.82 Å². The second-order valence-corrected chi connectivity index (χ2v) is 6.24. The summed E-state index contributed by atoms with van der Waals surface area (Å²) in [6.07, 6.45) is 4.61. The molecule has 0 saturated carbocycles. The molecule has 25 heavy (non-hydrogen) atoms. The minimum Gasteiger partial charge on any atom is -0.377 e. The van der Waals surface area contributed by atoms with Crippen molar-refractivity contribution in [1.29, 1.82) is 0 Å². The Morgan fingerprint density at radius 1 is 1.40 bits per heavy atom. The lowest BCUT2D eigenvalue weighted by atomic mass is 10.0. The van der Waals surface area contributed by atoms with Crippen LogP contribution in [0.1, 0.15) is 47.4 Å². The summed E-state index contributed by atoms with van der Waals surface area (Å²) in [5, 5.41) is 4.87. The zero-order chi connectivity index (χ0) is 17.2. The number of likely N-dealkylation sites (tertiary alicyclic amines) is 1. The Morgan fingerprint density at radius 2 is 2.28 bits per heavy atom. The summed E-state index contributed by atoms with van der Waals surface area (Å²) in [4.78, 5) is 22.6. The molecule has 130 valence electrons. The molecule has 1 aromatic carbocycles. The van der Waals surface area contributed by atoms with E-state index >= 15 is 0 Å². The number of amides is 1. The van der Waals surface area contributed by atoms with E-state index in [0.29, 0.717) is 30.4 Å². The molecule has 2 aromatic heterocycles. The molecule has 0 aliphatic carbocycles. The lowest BCUT2D eigenvalue weighted by molar-refractivity contribution is 0.0563. The summed E-state index contributed by atoms with van der Waals surface area (Å²) in [5.41, 5.74) is 1.64. The van der Waals surface area contributed by atoms with E-state index in [-0.39, 0.29) is 11.9 Å². The van der Waals surface area contributed by atoms with Gasteiger partial charge in [-0.15, -0.1) is 0 Å². The van der Waals surface area contributed by atoms with Crippen LogP contribution < -0.4 is 0 Å². The molecule has 4 rings (SSSR count). The number of hydrogen-bond acceptors (Lipinski definition) is 5. The number of rotatable bonds is 4. The molecule has 7 nitrogen and oxygen atoms in total. The van der Waals surface area contributed by atoms with E-state index in [1.54, 1.807) is 13.3 Å². The van der Waals surface area contributed by atoms with E-state index < -0.39 is 0 Å². The number of fused-ring (bicyclic) bond motifs is 1. The highest BCUT2D eigenvalue weighted by atomic mass is 16.5. The van der Waals surface area contributed by atoms with Gasteiger partial charge in [-0.25, -0.2) is 0 Å². The van der Waals surface area contributed by atoms with Gasteiger partial charge in [0.05, 0.1) is 5.56 Å². The number of carbonyl (C=O) groups excluding carboxylic acids is 1. The number of carbonyl (C=O) groups is 1. The van der Waals surface area contributed by atoms with Crippen LogP contribution in [0.15, 0.2) is 35.0 Å². The molecule has 1 atom stereocenters. The number of nitrogens with zero attached hydrogens (tertiary/aromatic N) is 3. The summed E-state index contributed by atoms with van der Waals surface area (Å²) < 4.78 is 10.4. The van der Waals surface area contributed by atoms with Gasteiger partial charge in [0.1, 0.15) is 12.6 Å². The number of aromatic nitrogens is 3. The second kappa shape index (κ2) is 6.68. The van der Waals surface area contributed by atoms with Crippen molar-refractivity contribution in [2.75, 3.05) is 13.7 Å². The third-order valence-corrected chi connectivity index (χ3v) is 4.63. The Bertz CT molecular complexity index is 885. The first-order valence-corrected chi connectivity index (χ1v) is 8.46. The molecule has 1 amide bonds. The first kappa shape index (κ1) is 15.8. The smallest absolute Gasteiger partial charge is 0.256 e. The van der Waals surface area contributed by atoms with Gasteiger partial charge in [-0.05, 0) is 25.3 Å². The van der Waals surface area contributed by atoms with Gasteiger partial charge >= 0.3 is 0 Å². The minimum absolute atomic E-state index is 0.00589. The average Bonchev–Trinajstić information content (AvgIpc) is 3.28. The van der Waals surface area contributed by atoms with Crippen molar-refractivity contribution in [3.63, 3.8) is 0 Å². The predicted octanol–water partition coefficient (Wildman–Crippen LogP) is 3.06. The van der Waals surface area contributed by atoms with Gasteiger partial charge in [-0.3, -0.25) is 4.79 Å². The fraction of sp³-hybridized carbons (Fsp3) is 0.389. The van der Waals surface area contributed by atoms with Crippen LogP contribution >= 0.6 is 0 Å². The molecule has 1 aliphatic heterocycles. The zero-order valence-corrected chi connectivity index (χ0v) is 14.1. The molecule has 1 aliphatic rings. The highest BCUT2D eigenvalue weighted by Gasteiger charge is 2.33. The second-order valence-electron chi connectivity index (χ2n) is 6.24. The number of methoxy groups -OCH3 is 1. The number of ether oxygens (including phenoxy) is 1. The Labute approximate surface area is 145 Å². The Balaban J connectivity index is 1.65. The van der Waals surface area contributed by atoms with Crippen LogP contribution in [0.4, 0.5) is 0 Å². The van der Waals surface area contributed by atoms with Crippen LogP contribution in [0.25, 0.3) is 10.9 Å². The van der Waals surface area contributed by atoms with Crippen molar-refractivity contribution in [2.24, 2.45) is 0 Å². The van der Waals surface area contributed by atoms with Gasteiger partial charge in [0, 0.05) is 30.8 Å². The van der Waals surface area contributed by atoms with Gasteiger partial charge in [0.25, 0.3) is 5.91 Å². The number of H-pyrrole nitrogens is 1. The van der Waals surface area contributed by atoms with Crippen molar-refractivity contribution in [3.05, 3.63) is 47.7 Å². The van der Waals surface area contributed by atoms with Gasteiger partial charge in [0.2, 0.25) is 5.89 Å². The first-order chi connectivity index (χ1) is 12.3. The molecule has 1 fully saturated rings. The maximum Gasteiger partial charge on any atom is 0.256 e. The zero-order valence-electron chi connectivity index (χ0n) is 14.1. The van der Waals surface area contributed by atoms with Crippen molar-refractivity contribution < 1.29 is 14.1 Å². The Kier molecular flexibility index (Phi) is 4.23. The Hall–Kier alpha value is -2.67. The van der Waals surface area contributed by atoms with Crippen molar-refractivity contribution >= 4 is 16.8 Å². The monoisotopic (exact) mass is 340 g/mol. The fourth-order valence-electron chi connectivity index (χ4n) is 3.43. The topological polar surface area (TPSA) is 84.3 Å². The van der Waals surface area contributed by atoms with E-state index in [0.717, 1.165) is 30.2 Å². The van der Waals surface area contributed by atoms with Crippen molar-refractivity contribution in [1.82, 2.24) is 20.0 Å². The van der Waals surface area contributed by atoms with E-state index in [1.807, 2.05) is 29.2 Å². The highest BCUT2D eigenvalue weighted by Crippen LogP contribution is 2.32. The summed E-state index contributed by atoms with van der Waals surface area (Å²) >= 11 is 0. The quantitative estimate of drug-likeness (QED) is 0.789. The third-order valence-electron chi connectivity index (χ3n) is 4.63. The van der Waals surface area contributed by atoms with E-state index in [1.165, 1.54) is 0 Å². The average molecular weight is 340 g/mol. The van der Waals surface area contributed by atoms with Crippen LogP contribution in [0.5, 0.6) is 0 Å². The van der Waals surface area contributed by atoms with Gasteiger partial charge in [-0.2, -0.15) is 4.98 Å². The summed E-state index contributed by atoms with van der Waals surface area (Å²) in [5.74, 6) is 0.983. The van der Waals surface area contributed by atoms with E-state index in [9.17, 15) is 4.79 Å². The van der Waals surface area contributed by atoms with Crippen LogP contribution in [-0.4, -0.2) is 39.6 Å². The minimum atomic E-state index is -0.187. The molecule has 1 saturated heterocycles. The Morgan fingerprint density at radius 3 is 3.16 bits per heavy atom. The lowest BCUT2D eigenvalue weighted by Gasteiger charge is -2.33. The number of benzene rings is 1. The molecule has 0 radical (unpaired) electrons. The summed E-state index contributed by atoms with van der Waals surface area (Å²) in [7, 11) is 1.59. The molecular formula is C18H20N4O3. The highest BCUT2D eigenvalue weighted by molar-refractivity contribution is 6.06. The van der Waals surface area contributed by atoms with Crippen molar-refractivity contribution in [2.45, 2.75) is 31.9 Å². The fourth-order valence-corrected chi connectivity index (χ4v) is 3.43. The third kappa shape index (κ3) is 2.91. The molecule has 7 heteroatoms. The molecule has 0 spiro atoms.